The monoisotopic (exact) mass is 298 g/mol. The first-order valence-electron chi connectivity index (χ1n) is 6.47. The molecule has 0 aliphatic heterocycles. The van der Waals surface area contributed by atoms with Crippen LogP contribution in [0.15, 0.2) is 29.2 Å². The van der Waals surface area contributed by atoms with E-state index in [4.69, 9.17) is 5.73 Å². The van der Waals surface area contributed by atoms with Gasteiger partial charge in [-0.1, -0.05) is 27.7 Å². The van der Waals surface area contributed by atoms with Crippen LogP contribution in [0.25, 0.3) is 0 Å². The molecule has 1 amide bonds. The van der Waals surface area contributed by atoms with E-state index in [1.807, 2.05) is 20.8 Å². The number of anilines is 1. The van der Waals surface area contributed by atoms with Crippen molar-refractivity contribution in [2.45, 2.75) is 38.6 Å². The first-order chi connectivity index (χ1) is 9.08. The van der Waals surface area contributed by atoms with E-state index in [0.717, 1.165) is 0 Å². The van der Waals surface area contributed by atoms with Gasteiger partial charge in [-0.3, -0.25) is 4.79 Å². The fourth-order valence-corrected chi connectivity index (χ4v) is 2.41. The zero-order valence-electron chi connectivity index (χ0n) is 12.3. The number of carbonyl (C=O) groups excluding carboxylic acids is 1. The van der Waals surface area contributed by atoms with Gasteiger partial charge in [0.05, 0.1) is 16.7 Å². The third-order valence-electron chi connectivity index (χ3n) is 3.08. The number of carbonyl (C=O) groups is 1. The molecule has 0 aliphatic rings. The number of sulfone groups is 1. The summed E-state index contributed by atoms with van der Waals surface area (Å²) in [6, 6.07) is 5.46. The Bertz CT molecular complexity index is 571. The first-order valence-corrected chi connectivity index (χ1v) is 8.12. The average molecular weight is 298 g/mol. The van der Waals surface area contributed by atoms with E-state index in [-0.39, 0.29) is 22.0 Å². The Balaban J connectivity index is 2.84. The molecule has 0 aromatic heterocycles. The standard InChI is InChI=1S/C14H22N2O3S/c1-5-20(18,19)11-8-6-10(7-9-11)16-13(17)12(15)14(2,3)4/h6-9,12H,5,15H2,1-4H3,(H,16,17). The maximum atomic E-state index is 11.9. The maximum absolute atomic E-state index is 11.9. The van der Waals surface area contributed by atoms with Crippen LogP contribution in [0.3, 0.4) is 0 Å². The lowest BCUT2D eigenvalue weighted by molar-refractivity contribution is -0.119. The Morgan fingerprint density at radius 1 is 1.25 bits per heavy atom. The van der Waals surface area contributed by atoms with Crippen molar-refractivity contribution < 1.29 is 13.2 Å². The summed E-state index contributed by atoms with van der Waals surface area (Å²) in [5, 5.41) is 2.69. The van der Waals surface area contributed by atoms with Crippen molar-refractivity contribution in [1.29, 1.82) is 0 Å². The highest BCUT2D eigenvalue weighted by Crippen LogP contribution is 2.20. The molecule has 20 heavy (non-hydrogen) atoms. The van der Waals surface area contributed by atoms with Gasteiger partial charge >= 0.3 is 0 Å². The molecule has 0 spiro atoms. The van der Waals surface area contributed by atoms with Gasteiger partial charge < -0.3 is 11.1 Å². The second kappa shape index (κ2) is 5.93. The highest BCUT2D eigenvalue weighted by Gasteiger charge is 2.27. The second-order valence-corrected chi connectivity index (χ2v) is 8.04. The molecule has 0 fully saturated rings. The van der Waals surface area contributed by atoms with E-state index in [9.17, 15) is 13.2 Å². The van der Waals surface area contributed by atoms with Crippen LogP contribution in [-0.2, 0) is 14.6 Å². The predicted molar refractivity (Wildman–Crippen MR) is 80.2 cm³/mol. The van der Waals surface area contributed by atoms with Gasteiger partial charge in [-0.05, 0) is 29.7 Å². The Morgan fingerprint density at radius 2 is 1.75 bits per heavy atom. The summed E-state index contributed by atoms with van der Waals surface area (Å²) in [6.45, 7) is 7.24. The van der Waals surface area contributed by atoms with Crippen LogP contribution in [-0.4, -0.2) is 26.1 Å². The van der Waals surface area contributed by atoms with Crippen LogP contribution < -0.4 is 11.1 Å². The molecule has 1 unspecified atom stereocenters. The molecule has 5 nitrogen and oxygen atoms in total. The van der Waals surface area contributed by atoms with Crippen molar-refractivity contribution >= 4 is 21.4 Å². The van der Waals surface area contributed by atoms with E-state index in [1.165, 1.54) is 12.1 Å². The second-order valence-electron chi connectivity index (χ2n) is 5.76. The minimum Gasteiger partial charge on any atom is -0.325 e. The molecule has 0 bridgehead atoms. The number of hydrogen-bond acceptors (Lipinski definition) is 4. The minimum atomic E-state index is -3.22. The number of nitrogens with one attached hydrogen (secondary N) is 1. The minimum absolute atomic E-state index is 0.0492. The molecule has 0 radical (unpaired) electrons. The molecule has 6 heteroatoms. The Kier molecular flexibility index (Phi) is 4.94. The van der Waals surface area contributed by atoms with Crippen LogP contribution in [0.5, 0.6) is 0 Å². The summed E-state index contributed by atoms with van der Waals surface area (Å²) in [5.41, 5.74) is 6.05. The normalized spacial score (nSPS) is 13.8. The van der Waals surface area contributed by atoms with Crippen LogP contribution in [0.1, 0.15) is 27.7 Å². The number of hydrogen-bond donors (Lipinski definition) is 2. The number of amides is 1. The first kappa shape index (κ1) is 16.7. The number of benzene rings is 1. The predicted octanol–water partition coefficient (Wildman–Crippen LogP) is 1.79. The largest absolute Gasteiger partial charge is 0.325 e. The molecule has 0 aliphatic carbocycles. The molecule has 0 heterocycles. The fraction of sp³-hybridized carbons (Fsp3) is 0.500. The van der Waals surface area contributed by atoms with Gasteiger partial charge in [0.2, 0.25) is 5.91 Å². The molecule has 1 atom stereocenters. The lowest BCUT2D eigenvalue weighted by Gasteiger charge is -2.25. The molecule has 1 aromatic rings. The number of rotatable bonds is 4. The van der Waals surface area contributed by atoms with Gasteiger partial charge in [-0.2, -0.15) is 0 Å². The van der Waals surface area contributed by atoms with E-state index < -0.39 is 15.9 Å². The molecular formula is C14H22N2O3S. The molecule has 0 saturated carbocycles. The Morgan fingerprint density at radius 3 is 2.15 bits per heavy atom. The third-order valence-corrected chi connectivity index (χ3v) is 4.83. The van der Waals surface area contributed by atoms with Crippen molar-refractivity contribution in [2.24, 2.45) is 11.1 Å². The van der Waals surface area contributed by atoms with E-state index >= 15 is 0 Å². The smallest absolute Gasteiger partial charge is 0.241 e. The molecule has 112 valence electrons. The van der Waals surface area contributed by atoms with Crippen molar-refractivity contribution in [3.63, 3.8) is 0 Å². The molecular weight excluding hydrogens is 276 g/mol. The summed E-state index contributed by atoms with van der Waals surface area (Å²) in [7, 11) is -3.22. The van der Waals surface area contributed by atoms with Crippen molar-refractivity contribution in [3.8, 4) is 0 Å². The van der Waals surface area contributed by atoms with Crippen LogP contribution >= 0.6 is 0 Å². The van der Waals surface area contributed by atoms with Crippen LogP contribution in [0.4, 0.5) is 5.69 Å². The molecule has 3 N–H and O–H groups in total. The highest BCUT2D eigenvalue weighted by molar-refractivity contribution is 7.91. The van der Waals surface area contributed by atoms with Gasteiger partial charge in [0, 0.05) is 5.69 Å². The molecule has 1 aromatic carbocycles. The topological polar surface area (TPSA) is 89.3 Å². The summed E-state index contributed by atoms with van der Waals surface area (Å²) in [4.78, 5) is 12.2. The summed E-state index contributed by atoms with van der Waals surface area (Å²) >= 11 is 0. The van der Waals surface area contributed by atoms with Gasteiger partial charge in [0.25, 0.3) is 0 Å². The Hall–Kier alpha value is -1.40. The van der Waals surface area contributed by atoms with E-state index in [1.54, 1.807) is 19.1 Å². The van der Waals surface area contributed by atoms with Crippen LogP contribution in [0.2, 0.25) is 0 Å². The van der Waals surface area contributed by atoms with Gasteiger partial charge in [0.1, 0.15) is 0 Å². The van der Waals surface area contributed by atoms with Crippen LogP contribution in [0, 0.1) is 5.41 Å². The van der Waals surface area contributed by atoms with Crippen molar-refractivity contribution in [2.75, 3.05) is 11.1 Å². The maximum Gasteiger partial charge on any atom is 0.241 e. The average Bonchev–Trinajstić information content (AvgIpc) is 2.37. The van der Waals surface area contributed by atoms with Gasteiger partial charge in [-0.25, -0.2) is 8.42 Å². The SMILES string of the molecule is CCS(=O)(=O)c1ccc(NC(=O)C(N)C(C)(C)C)cc1. The summed E-state index contributed by atoms with van der Waals surface area (Å²) < 4.78 is 23.3. The third kappa shape index (κ3) is 4.05. The lowest BCUT2D eigenvalue weighted by Crippen LogP contribution is -2.45. The number of nitrogens with two attached hydrogens (primary N) is 1. The zero-order chi connectivity index (χ0) is 15.6. The molecule has 0 saturated heterocycles. The van der Waals surface area contributed by atoms with Crippen molar-refractivity contribution in [1.82, 2.24) is 0 Å². The van der Waals surface area contributed by atoms with Gasteiger partial charge in [-0.15, -0.1) is 0 Å². The van der Waals surface area contributed by atoms with E-state index in [2.05, 4.69) is 5.32 Å². The highest BCUT2D eigenvalue weighted by atomic mass is 32.2. The van der Waals surface area contributed by atoms with Gasteiger partial charge in [0.15, 0.2) is 9.84 Å². The fourth-order valence-electron chi connectivity index (χ4n) is 1.53. The van der Waals surface area contributed by atoms with Crippen molar-refractivity contribution in [3.05, 3.63) is 24.3 Å². The zero-order valence-corrected chi connectivity index (χ0v) is 13.1. The Labute approximate surface area is 120 Å². The van der Waals surface area contributed by atoms with E-state index in [0.29, 0.717) is 5.69 Å². The summed E-state index contributed by atoms with van der Waals surface area (Å²) in [5.74, 6) is -0.239. The molecule has 1 rings (SSSR count). The lowest BCUT2D eigenvalue weighted by atomic mass is 9.87. The summed E-state index contributed by atoms with van der Waals surface area (Å²) in [6.07, 6.45) is 0. The quantitative estimate of drug-likeness (QED) is 0.887.